The van der Waals surface area contributed by atoms with Gasteiger partial charge in [-0.3, -0.25) is 4.79 Å². The zero-order valence-electron chi connectivity index (χ0n) is 53.0. The van der Waals surface area contributed by atoms with E-state index in [1.54, 1.807) is 6.08 Å². The Labute approximate surface area is 500 Å². The van der Waals surface area contributed by atoms with Gasteiger partial charge in [0.05, 0.1) is 25.4 Å². The van der Waals surface area contributed by atoms with Crippen LogP contribution in [0.1, 0.15) is 335 Å². The van der Waals surface area contributed by atoms with Crippen molar-refractivity contribution >= 4 is 5.91 Å². The van der Waals surface area contributed by atoms with Gasteiger partial charge < -0.3 is 40.3 Å². The van der Waals surface area contributed by atoms with Crippen LogP contribution in [0.15, 0.2) is 60.8 Å². The molecule has 7 atom stereocenters. The largest absolute Gasteiger partial charge is 0.394 e. The highest BCUT2D eigenvalue weighted by atomic mass is 16.7. The molecule has 7 unspecified atom stereocenters. The molecule has 1 aliphatic rings. The number of allylic oxidation sites excluding steroid dienone is 9. The van der Waals surface area contributed by atoms with Gasteiger partial charge in [-0.15, -0.1) is 0 Å². The van der Waals surface area contributed by atoms with Crippen LogP contribution in [0.5, 0.6) is 0 Å². The van der Waals surface area contributed by atoms with Crippen LogP contribution in [-0.2, 0) is 14.3 Å². The first-order valence-corrected chi connectivity index (χ1v) is 35.0. The maximum Gasteiger partial charge on any atom is 0.220 e. The summed E-state index contributed by atoms with van der Waals surface area (Å²) < 4.78 is 11.3. The smallest absolute Gasteiger partial charge is 0.220 e. The van der Waals surface area contributed by atoms with Crippen molar-refractivity contribution in [2.45, 2.75) is 378 Å². The van der Waals surface area contributed by atoms with Gasteiger partial charge in [0.1, 0.15) is 24.4 Å². The molecule has 0 radical (unpaired) electrons. The summed E-state index contributed by atoms with van der Waals surface area (Å²) in [6.45, 7) is 3.78. The number of ether oxygens (including phenoxy) is 2. The Morgan fingerprint density at radius 2 is 0.741 bits per heavy atom. The molecule has 1 fully saturated rings. The van der Waals surface area contributed by atoms with Gasteiger partial charge >= 0.3 is 0 Å². The number of nitrogens with one attached hydrogen (secondary N) is 1. The molecule has 0 spiro atoms. The summed E-state index contributed by atoms with van der Waals surface area (Å²) in [5.74, 6) is -0.181. The molecule has 1 rings (SSSR count). The highest BCUT2D eigenvalue weighted by molar-refractivity contribution is 5.76. The molecule has 0 saturated carbocycles. The number of aliphatic hydroxyl groups is 5. The van der Waals surface area contributed by atoms with Gasteiger partial charge in [-0.05, 0) is 70.6 Å². The number of amides is 1. The average molecular weight is 1140 g/mol. The third-order valence-corrected chi connectivity index (χ3v) is 16.6. The van der Waals surface area contributed by atoms with Crippen LogP contribution in [0.4, 0.5) is 0 Å². The van der Waals surface area contributed by atoms with Crippen LogP contribution < -0.4 is 5.32 Å². The van der Waals surface area contributed by atoms with Crippen molar-refractivity contribution in [2.75, 3.05) is 13.2 Å². The van der Waals surface area contributed by atoms with Crippen molar-refractivity contribution in [3.8, 4) is 0 Å². The summed E-state index contributed by atoms with van der Waals surface area (Å²) >= 11 is 0. The van der Waals surface area contributed by atoms with Crippen molar-refractivity contribution in [1.29, 1.82) is 0 Å². The number of hydrogen-bond donors (Lipinski definition) is 6. The van der Waals surface area contributed by atoms with E-state index in [9.17, 15) is 30.3 Å². The summed E-state index contributed by atoms with van der Waals surface area (Å²) in [6.07, 6.45) is 77.7. The first-order chi connectivity index (χ1) is 39.8. The second kappa shape index (κ2) is 61.0. The van der Waals surface area contributed by atoms with Crippen LogP contribution in [0.3, 0.4) is 0 Å². The maximum absolute atomic E-state index is 13.1. The second-order valence-corrected chi connectivity index (χ2v) is 24.3. The van der Waals surface area contributed by atoms with Crippen LogP contribution >= 0.6 is 0 Å². The molecule has 1 amide bonds. The summed E-state index contributed by atoms with van der Waals surface area (Å²) in [5, 5.41) is 54.6. The van der Waals surface area contributed by atoms with E-state index in [1.807, 2.05) is 6.08 Å². The fourth-order valence-corrected chi connectivity index (χ4v) is 11.1. The summed E-state index contributed by atoms with van der Waals surface area (Å²) in [4.78, 5) is 13.1. The fraction of sp³-hybridized carbons (Fsp3) is 0.847. The van der Waals surface area contributed by atoms with Crippen molar-refractivity contribution in [3.05, 3.63) is 60.8 Å². The van der Waals surface area contributed by atoms with Crippen LogP contribution in [-0.4, -0.2) is 87.5 Å². The number of unbranched alkanes of at least 4 members (excludes halogenated alkanes) is 43. The van der Waals surface area contributed by atoms with Gasteiger partial charge in [-0.1, -0.05) is 319 Å². The average Bonchev–Trinajstić information content (AvgIpc) is 3.49. The summed E-state index contributed by atoms with van der Waals surface area (Å²) in [5.41, 5.74) is 0. The lowest BCUT2D eigenvalue weighted by Crippen LogP contribution is -2.60. The normalized spacial score (nSPS) is 18.7. The SMILES string of the molecule is CCCCCCC/C=C\C/C=C\C/C=C\CCCCCCCCCCCCCCCCCCCCCCCCCCCCC(=O)NC(COC1OC(CO)C(O)C(O)C1O)C(O)/C=C/CC/C=C/CCCCCCCCCCCCC. The maximum atomic E-state index is 13.1. The van der Waals surface area contributed by atoms with Gasteiger partial charge in [-0.25, -0.2) is 0 Å². The van der Waals surface area contributed by atoms with E-state index in [2.05, 4.69) is 67.8 Å². The lowest BCUT2D eigenvalue weighted by Gasteiger charge is -2.40. The van der Waals surface area contributed by atoms with Gasteiger partial charge in [0, 0.05) is 6.42 Å². The Balaban J connectivity index is 2.04. The van der Waals surface area contributed by atoms with Gasteiger partial charge in [0.15, 0.2) is 6.29 Å². The van der Waals surface area contributed by atoms with Crippen molar-refractivity contribution < 1.29 is 39.8 Å². The number of hydrogen-bond acceptors (Lipinski definition) is 8. The lowest BCUT2D eigenvalue weighted by molar-refractivity contribution is -0.302. The molecule has 474 valence electrons. The molecule has 81 heavy (non-hydrogen) atoms. The Morgan fingerprint density at radius 3 is 1.12 bits per heavy atom. The monoisotopic (exact) mass is 1140 g/mol. The van der Waals surface area contributed by atoms with Gasteiger partial charge in [0.25, 0.3) is 0 Å². The summed E-state index contributed by atoms with van der Waals surface area (Å²) in [6, 6.07) is -0.822. The summed E-state index contributed by atoms with van der Waals surface area (Å²) in [7, 11) is 0. The minimum Gasteiger partial charge on any atom is -0.394 e. The predicted molar refractivity (Wildman–Crippen MR) is 346 cm³/mol. The molecule has 9 nitrogen and oxygen atoms in total. The predicted octanol–water partition coefficient (Wildman–Crippen LogP) is 19.0. The van der Waals surface area contributed by atoms with Gasteiger partial charge in [0.2, 0.25) is 5.91 Å². The van der Waals surface area contributed by atoms with E-state index in [0.717, 1.165) is 51.4 Å². The first kappa shape index (κ1) is 76.9. The Hall–Kier alpha value is -2.11. The highest BCUT2D eigenvalue weighted by Crippen LogP contribution is 2.23. The molecule has 0 bridgehead atoms. The lowest BCUT2D eigenvalue weighted by atomic mass is 9.99. The van der Waals surface area contributed by atoms with E-state index in [-0.39, 0.29) is 12.5 Å². The Morgan fingerprint density at radius 1 is 0.420 bits per heavy atom. The standard InChI is InChI=1S/C72H133NO8/c1-3-5-7-9-11-13-15-17-19-21-22-23-24-25-26-27-28-29-30-31-32-33-34-35-36-37-38-39-40-41-42-43-44-46-48-50-52-54-56-58-60-62-68(76)73-65(64-80-72-71(79)70(78)69(77)67(63-74)81-72)66(75)61-59-57-55-53-51-49-47-45-20-18-16-14-12-10-8-6-4-2/h15,17,21-22,24-25,51,53,59,61,65-67,69-72,74-75,77-79H,3-14,16,18-20,23,26-50,52,54-58,60,62-64H2,1-2H3,(H,73,76)/b17-15-,22-21-,25-24-,53-51+,61-59+. The van der Waals surface area contributed by atoms with Crippen molar-refractivity contribution in [3.63, 3.8) is 0 Å². The van der Waals surface area contributed by atoms with Crippen molar-refractivity contribution in [1.82, 2.24) is 5.32 Å². The third kappa shape index (κ3) is 49.8. The molecular formula is C72H133NO8. The van der Waals surface area contributed by atoms with E-state index >= 15 is 0 Å². The van der Waals surface area contributed by atoms with Crippen LogP contribution in [0.2, 0.25) is 0 Å². The van der Waals surface area contributed by atoms with Gasteiger partial charge in [-0.2, -0.15) is 0 Å². The molecule has 0 aliphatic carbocycles. The third-order valence-electron chi connectivity index (χ3n) is 16.6. The van der Waals surface area contributed by atoms with E-state index in [0.29, 0.717) is 6.42 Å². The van der Waals surface area contributed by atoms with E-state index in [1.165, 1.54) is 263 Å². The van der Waals surface area contributed by atoms with E-state index < -0.39 is 49.5 Å². The zero-order valence-corrected chi connectivity index (χ0v) is 53.0. The zero-order chi connectivity index (χ0) is 58.6. The second-order valence-electron chi connectivity index (χ2n) is 24.3. The number of carbonyl (C=O) groups excluding carboxylic acids is 1. The Bertz CT molecular complexity index is 1460. The molecular weight excluding hydrogens is 1010 g/mol. The fourth-order valence-electron chi connectivity index (χ4n) is 11.1. The molecule has 0 aromatic heterocycles. The minimum absolute atomic E-state index is 0.181. The topological polar surface area (TPSA) is 149 Å². The molecule has 6 N–H and O–H groups in total. The number of aliphatic hydroxyl groups excluding tert-OH is 5. The van der Waals surface area contributed by atoms with E-state index in [4.69, 9.17) is 9.47 Å². The minimum atomic E-state index is -1.57. The van der Waals surface area contributed by atoms with Crippen LogP contribution in [0, 0.1) is 0 Å². The highest BCUT2D eigenvalue weighted by Gasteiger charge is 2.44. The quantitative estimate of drug-likeness (QED) is 0.0261. The number of carbonyl (C=O) groups is 1. The first-order valence-electron chi connectivity index (χ1n) is 35.0. The van der Waals surface area contributed by atoms with Crippen molar-refractivity contribution in [2.24, 2.45) is 0 Å². The molecule has 0 aromatic rings. The Kier molecular flexibility index (Phi) is 57.9. The van der Waals surface area contributed by atoms with Crippen LogP contribution in [0.25, 0.3) is 0 Å². The molecule has 1 aliphatic heterocycles. The molecule has 9 heteroatoms. The number of rotatable bonds is 61. The molecule has 1 saturated heterocycles. The molecule has 1 heterocycles. The molecule has 0 aromatic carbocycles.